The van der Waals surface area contributed by atoms with Crippen LogP contribution in [0.5, 0.6) is 0 Å². The van der Waals surface area contributed by atoms with Gasteiger partial charge >= 0.3 is 0 Å². The van der Waals surface area contributed by atoms with Gasteiger partial charge in [-0.25, -0.2) is 4.98 Å². The number of imidazole rings is 1. The van der Waals surface area contributed by atoms with Crippen LogP contribution < -0.4 is 15.5 Å². The largest absolute Gasteiger partial charge is 0.350 e. The number of carbonyl (C=O) groups excluding carboxylic acids is 2. The molecule has 184 valence electrons. The topological polar surface area (TPSA) is 90.1 Å². The smallest absolute Gasteiger partial charge is 0.240 e. The van der Waals surface area contributed by atoms with Gasteiger partial charge in [-0.15, -0.1) is 0 Å². The molecule has 1 atom stereocenters. The molecule has 0 spiro atoms. The van der Waals surface area contributed by atoms with Crippen LogP contribution in [0.4, 0.5) is 17.3 Å². The van der Waals surface area contributed by atoms with Crippen molar-refractivity contribution in [2.24, 2.45) is 0 Å². The fraction of sp³-hybridized carbons (Fsp3) is 0.250. The summed E-state index contributed by atoms with van der Waals surface area (Å²) in [5.41, 5.74) is 5.54. The average molecular weight is 502 g/mol. The summed E-state index contributed by atoms with van der Waals surface area (Å²) in [6.45, 7) is 2.46. The van der Waals surface area contributed by atoms with Crippen LogP contribution in [0.1, 0.15) is 43.2 Å². The van der Waals surface area contributed by atoms with Gasteiger partial charge in [0, 0.05) is 29.4 Å². The van der Waals surface area contributed by atoms with E-state index in [0.29, 0.717) is 23.9 Å². The number of benzene rings is 3. The number of H-pyrrole nitrogens is 1. The van der Waals surface area contributed by atoms with E-state index in [2.05, 4.69) is 27.5 Å². The number of anilines is 3. The Hall–Kier alpha value is -3.84. The Balaban J connectivity index is 1.21. The van der Waals surface area contributed by atoms with Gasteiger partial charge in [0.25, 0.3) is 0 Å². The summed E-state index contributed by atoms with van der Waals surface area (Å²) in [4.78, 5) is 35.0. The van der Waals surface area contributed by atoms with Gasteiger partial charge in [0.05, 0.1) is 11.0 Å². The standard InChI is InChI=1S/C28H28ClN5O2/c1-2-19-9-14-27(36)34(25-13-10-20(29)15-22(19)25)17-26(35)30-16-18-7-11-21(12-8-18)31-28-32-23-5-3-4-6-24(23)33-28/h3-8,10-13,15,19H,2,9,14,16-17H2,1H3,(H,30,35)(H2,31,32,33). The van der Waals surface area contributed by atoms with Gasteiger partial charge < -0.3 is 20.5 Å². The molecule has 1 aromatic heterocycles. The van der Waals surface area contributed by atoms with Gasteiger partial charge in [0.15, 0.2) is 0 Å². The van der Waals surface area contributed by atoms with E-state index in [0.717, 1.165) is 46.4 Å². The first kappa shape index (κ1) is 23.9. The van der Waals surface area contributed by atoms with E-state index in [9.17, 15) is 9.59 Å². The second kappa shape index (κ2) is 10.4. The number of para-hydroxylation sites is 2. The number of carbonyl (C=O) groups is 2. The van der Waals surface area contributed by atoms with Crippen molar-refractivity contribution < 1.29 is 9.59 Å². The van der Waals surface area contributed by atoms with E-state index in [-0.39, 0.29) is 24.3 Å². The van der Waals surface area contributed by atoms with Crippen molar-refractivity contribution in [3.63, 3.8) is 0 Å². The fourth-order valence-corrected chi connectivity index (χ4v) is 4.85. The molecule has 0 saturated heterocycles. The van der Waals surface area contributed by atoms with Crippen LogP contribution in [0, 0.1) is 0 Å². The highest BCUT2D eigenvalue weighted by Gasteiger charge is 2.28. The Kier molecular flexibility index (Phi) is 6.91. The summed E-state index contributed by atoms with van der Waals surface area (Å²) >= 11 is 6.24. The lowest BCUT2D eigenvalue weighted by Crippen LogP contribution is -2.40. The molecule has 0 saturated carbocycles. The van der Waals surface area contributed by atoms with E-state index in [1.807, 2.05) is 60.7 Å². The van der Waals surface area contributed by atoms with E-state index in [1.54, 1.807) is 11.0 Å². The number of rotatable bonds is 7. The lowest BCUT2D eigenvalue weighted by atomic mass is 9.92. The fourth-order valence-electron chi connectivity index (χ4n) is 4.67. The van der Waals surface area contributed by atoms with Gasteiger partial charge in [-0.2, -0.15) is 0 Å². The molecule has 36 heavy (non-hydrogen) atoms. The zero-order chi connectivity index (χ0) is 25.1. The summed E-state index contributed by atoms with van der Waals surface area (Å²) in [6.07, 6.45) is 2.09. The van der Waals surface area contributed by atoms with Crippen molar-refractivity contribution >= 4 is 51.8 Å². The Bertz CT molecular complexity index is 1370. The predicted octanol–water partition coefficient (Wildman–Crippen LogP) is 5.90. The van der Waals surface area contributed by atoms with Crippen LogP contribution in [0.15, 0.2) is 66.7 Å². The van der Waals surface area contributed by atoms with Crippen molar-refractivity contribution in [2.75, 3.05) is 16.8 Å². The lowest BCUT2D eigenvalue weighted by Gasteiger charge is -2.24. The average Bonchev–Trinajstić information content (AvgIpc) is 3.24. The Morgan fingerprint density at radius 1 is 1.14 bits per heavy atom. The number of aromatic amines is 1. The van der Waals surface area contributed by atoms with Crippen LogP contribution in [-0.2, 0) is 16.1 Å². The minimum absolute atomic E-state index is 0.0183. The van der Waals surface area contributed by atoms with Crippen molar-refractivity contribution in [1.29, 1.82) is 0 Å². The molecule has 3 N–H and O–H groups in total. The SMILES string of the molecule is CCC1CCC(=O)N(CC(=O)NCc2ccc(Nc3nc4ccccc4[nH]3)cc2)c2ccc(Cl)cc21. The van der Waals surface area contributed by atoms with E-state index < -0.39 is 0 Å². The molecule has 0 bridgehead atoms. The maximum Gasteiger partial charge on any atom is 0.240 e. The Labute approximate surface area is 214 Å². The van der Waals surface area contributed by atoms with Gasteiger partial charge in [0.1, 0.15) is 6.54 Å². The highest BCUT2D eigenvalue weighted by atomic mass is 35.5. The van der Waals surface area contributed by atoms with Gasteiger partial charge in [-0.1, -0.05) is 42.8 Å². The number of nitrogens with zero attached hydrogens (tertiary/aromatic N) is 2. The van der Waals surface area contributed by atoms with Gasteiger partial charge in [0.2, 0.25) is 17.8 Å². The number of aromatic nitrogens is 2. The molecular formula is C28H28ClN5O2. The summed E-state index contributed by atoms with van der Waals surface area (Å²) in [7, 11) is 0. The number of hydrogen-bond acceptors (Lipinski definition) is 4. The molecule has 0 fully saturated rings. The number of amides is 2. The minimum atomic E-state index is -0.205. The maximum absolute atomic E-state index is 12.9. The van der Waals surface area contributed by atoms with Crippen molar-refractivity contribution in [3.8, 4) is 0 Å². The summed E-state index contributed by atoms with van der Waals surface area (Å²) in [5, 5.41) is 6.85. The molecule has 4 aromatic rings. The van der Waals surface area contributed by atoms with Crippen LogP contribution in [-0.4, -0.2) is 28.3 Å². The highest BCUT2D eigenvalue weighted by Crippen LogP contribution is 2.38. The highest BCUT2D eigenvalue weighted by molar-refractivity contribution is 6.30. The van der Waals surface area contributed by atoms with E-state index in [4.69, 9.17) is 11.6 Å². The monoisotopic (exact) mass is 501 g/mol. The molecule has 1 aliphatic rings. The molecule has 5 rings (SSSR count). The molecule has 3 aromatic carbocycles. The molecule has 8 heteroatoms. The van der Waals surface area contributed by atoms with Crippen LogP contribution in [0.25, 0.3) is 11.0 Å². The normalized spacial score (nSPS) is 15.4. The molecule has 2 amide bonds. The van der Waals surface area contributed by atoms with E-state index in [1.165, 1.54) is 0 Å². The zero-order valence-corrected chi connectivity index (χ0v) is 20.8. The molecule has 0 aliphatic carbocycles. The first-order valence-corrected chi connectivity index (χ1v) is 12.5. The van der Waals surface area contributed by atoms with Gasteiger partial charge in [-0.05, 0) is 72.4 Å². The number of nitrogens with one attached hydrogen (secondary N) is 3. The first-order valence-electron chi connectivity index (χ1n) is 12.2. The van der Waals surface area contributed by atoms with Crippen LogP contribution in [0.2, 0.25) is 5.02 Å². The summed E-state index contributed by atoms with van der Waals surface area (Å²) in [6, 6.07) is 21.2. The third-order valence-electron chi connectivity index (χ3n) is 6.62. The number of hydrogen-bond donors (Lipinski definition) is 3. The molecule has 2 heterocycles. The van der Waals surface area contributed by atoms with Crippen molar-refractivity contribution in [2.45, 2.75) is 38.6 Å². The van der Waals surface area contributed by atoms with Gasteiger partial charge in [-0.3, -0.25) is 9.59 Å². The minimum Gasteiger partial charge on any atom is -0.350 e. The number of halogens is 1. The van der Waals surface area contributed by atoms with Crippen LogP contribution in [0.3, 0.4) is 0 Å². The molecular weight excluding hydrogens is 474 g/mol. The quantitative estimate of drug-likeness (QED) is 0.294. The number of fused-ring (bicyclic) bond motifs is 2. The predicted molar refractivity (Wildman–Crippen MR) is 144 cm³/mol. The van der Waals surface area contributed by atoms with E-state index >= 15 is 0 Å². The summed E-state index contributed by atoms with van der Waals surface area (Å²) < 4.78 is 0. The van der Waals surface area contributed by atoms with Crippen molar-refractivity contribution in [1.82, 2.24) is 15.3 Å². The third kappa shape index (κ3) is 5.21. The Morgan fingerprint density at radius 2 is 1.94 bits per heavy atom. The molecule has 7 nitrogen and oxygen atoms in total. The molecule has 0 radical (unpaired) electrons. The molecule has 1 unspecified atom stereocenters. The Morgan fingerprint density at radius 3 is 2.72 bits per heavy atom. The first-order chi connectivity index (χ1) is 17.5. The second-order valence-electron chi connectivity index (χ2n) is 9.03. The zero-order valence-electron chi connectivity index (χ0n) is 20.1. The molecule has 1 aliphatic heterocycles. The van der Waals surface area contributed by atoms with Crippen molar-refractivity contribution in [3.05, 3.63) is 82.9 Å². The third-order valence-corrected chi connectivity index (χ3v) is 6.85. The summed E-state index contributed by atoms with van der Waals surface area (Å²) in [5.74, 6) is 0.683. The second-order valence-corrected chi connectivity index (χ2v) is 9.46. The lowest BCUT2D eigenvalue weighted by molar-refractivity contribution is -0.124. The maximum atomic E-state index is 12.9. The van der Waals surface area contributed by atoms with Crippen LogP contribution >= 0.6 is 11.6 Å².